The molecule has 2 unspecified atom stereocenters. The van der Waals surface area contributed by atoms with Crippen molar-refractivity contribution in [3.63, 3.8) is 0 Å². The monoisotopic (exact) mass is 186 g/mol. The van der Waals surface area contributed by atoms with E-state index in [0.29, 0.717) is 18.4 Å². The van der Waals surface area contributed by atoms with Crippen LogP contribution in [0.4, 0.5) is 0 Å². The summed E-state index contributed by atoms with van der Waals surface area (Å²) in [6, 6.07) is 0. The van der Waals surface area contributed by atoms with Gasteiger partial charge in [-0.25, -0.2) is 0 Å². The third kappa shape index (κ3) is 6.09. The summed E-state index contributed by atoms with van der Waals surface area (Å²) in [4.78, 5) is 0. The van der Waals surface area contributed by atoms with Crippen LogP contribution < -0.4 is 0 Å². The molecule has 0 spiro atoms. The average molecular weight is 186 g/mol. The quantitative estimate of drug-likeness (QED) is 0.574. The maximum atomic E-state index is 9.10. The largest absolute Gasteiger partial charge is 0.396 e. The topological polar surface area (TPSA) is 20.2 Å². The standard InChI is InChI=1S/C12H26O/c1-4-6-7-8-9-11(3)12(5-2)10-13/h11-13H,4-10H2,1-3H3. The van der Waals surface area contributed by atoms with Gasteiger partial charge < -0.3 is 5.11 Å². The van der Waals surface area contributed by atoms with Crippen LogP contribution in [0.3, 0.4) is 0 Å². The van der Waals surface area contributed by atoms with Gasteiger partial charge in [-0.1, -0.05) is 59.3 Å². The van der Waals surface area contributed by atoms with E-state index in [9.17, 15) is 0 Å². The molecule has 0 radical (unpaired) electrons. The van der Waals surface area contributed by atoms with Gasteiger partial charge in [-0.15, -0.1) is 0 Å². The summed E-state index contributed by atoms with van der Waals surface area (Å²) in [6.45, 7) is 7.05. The summed E-state index contributed by atoms with van der Waals surface area (Å²) in [5.74, 6) is 1.23. The number of hydrogen-bond donors (Lipinski definition) is 1. The normalized spacial score (nSPS) is 15.7. The van der Waals surface area contributed by atoms with Crippen molar-refractivity contribution >= 4 is 0 Å². The molecule has 0 aliphatic rings. The van der Waals surface area contributed by atoms with Crippen LogP contribution in [0.1, 0.15) is 59.3 Å². The summed E-state index contributed by atoms with van der Waals surface area (Å²) in [6.07, 6.45) is 7.78. The van der Waals surface area contributed by atoms with Gasteiger partial charge in [0.1, 0.15) is 0 Å². The van der Waals surface area contributed by atoms with E-state index in [1.54, 1.807) is 0 Å². The molecule has 0 aromatic rings. The molecule has 2 atom stereocenters. The van der Waals surface area contributed by atoms with Crippen molar-refractivity contribution in [2.75, 3.05) is 6.61 Å². The van der Waals surface area contributed by atoms with Crippen molar-refractivity contribution in [3.05, 3.63) is 0 Å². The minimum absolute atomic E-state index is 0.367. The van der Waals surface area contributed by atoms with Crippen LogP contribution in [-0.2, 0) is 0 Å². The van der Waals surface area contributed by atoms with Crippen LogP contribution in [0.25, 0.3) is 0 Å². The van der Waals surface area contributed by atoms with E-state index in [-0.39, 0.29) is 0 Å². The number of unbranched alkanes of at least 4 members (excludes halogenated alkanes) is 3. The Balaban J connectivity index is 3.42. The molecule has 0 bridgehead atoms. The van der Waals surface area contributed by atoms with Gasteiger partial charge in [-0.05, 0) is 11.8 Å². The summed E-state index contributed by atoms with van der Waals surface area (Å²) in [5, 5.41) is 9.10. The van der Waals surface area contributed by atoms with E-state index in [4.69, 9.17) is 5.11 Å². The van der Waals surface area contributed by atoms with E-state index < -0.39 is 0 Å². The highest BCUT2D eigenvalue weighted by atomic mass is 16.3. The fourth-order valence-corrected chi connectivity index (χ4v) is 1.84. The van der Waals surface area contributed by atoms with Crippen molar-refractivity contribution in [1.82, 2.24) is 0 Å². The van der Waals surface area contributed by atoms with E-state index in [0.717, 1.165) is 6.42 Å². The lowest BCUT2D eigenvalue weighted by Crippen LogP contribution is -2.14. The van der Waals surface area contributed by atoms with Crippen molar-refractivity contribution < 1.29 is 5.11 Å². The summed E-state index contributed by atoms with van der Waals surface area (Å²) >= 11 is 0. The van der Waals surface area contributed by atoms with Crippen molar-refractivity contribution in [1.29, 1.82) is 0 Å². The van der Waals surface area contributed by atoms with Crippen LogP contribution in [0.5, 0.6) is 0 Å². The Labute approximate surface area is 83.5 Å². The van der Waals surface area contributed by atoms with E-state index in [2.05, 4.69) is 20.8 Å². The molecule has 0 aromatic heterocycles. The molecule has 13 heavy (non-hydrogen) atoms. The Kier molecular flexibility index (Phi) is 8.53. The van der Waals surface area contributed by atoms with Gasteiger partial charge in [0.25, 0.3) is 0 Å². The van der Waals surface area contributed by atoms with E-state index >= 15 is 0 Å². The molecule has 1 N–H and O–H groups in total. The lowest BCUT2D eigenvalue weighted by molar-refractivity contribution is 0.171. The SMILES string of the molecule is CCCCCCC(C)C(CC)CO. The smallest absolute Gasteiger partial charge is 0.0461 e. The van der Waals surface area contributed by atoms with Crippen LogP contribution in [-0.4, -0.2) is 11.7 Å². The van der Waals surface area contributed by atoms with Crippen molar-refractivity contribution in [2.24, 2.45) is 11.8 Å². The molecule has 0 heterocycles. The molecular weight excluding hydrogens is 160 g/mol. The van der Waals surface area contributed by atoms with Crippen LogP contribution in [0, 0.1) is 11.8 Å². The fourth-order valence-electron chi connectivity index (χ4n) is 1.84. The van der Waals surface area contributed by atoms with Gasteiger partial charge in [0.05, 0.1) is 0 Å². The average Bonchev–Trinajstić information content (AvgIpc) is 2.14. The number of rotatable bonds is 8. The number of hydrogen-bond acceptors (Lipinski definition) is 1. The Morgan fingerprint density at radius 3 is 2.23 bits per heavy atom. The van der Waals surface area contributed by atoms with Crippen molar-refractivity contribution in [3.8, 4) is 0 Å². The Hall–Kier alpha value is -0.0400. The Morgan fingerprint density at radius 2 is 1.77 bits per heavy atom. The number of aliphatic hydroxyl groups excluding tert-OH is 1. The molecule has 1 nitrogen and oxygen atoms in total. The second kappa shape index (κ2) is 8.55. The molecule has 80 valence electrons. The van der Waals surface area contributed by atoms with E-state index in [1.165, 1.54) is 32.1 Å². The van der Waals surface area contributed by atoms with Gasteiger partial charge in [-0.3, -0.25) is 0 Å². The second-order valence-electron chi connectivity index (χ2n) is 4.18. The molecule has 0 amide bonds. The first-order chi connectivity index (χ1) is 6.26. The van der Waals surface area contributed by atoms with Gasteiger partial charge in [0.2, 0.25) is 0 Å². The second-order valence-corrected chi connectivity index (χ2v) is 4.18. The first-order valence-corrected chi connectivity index (χ1v) is 5.87. The first-order valence-electron chi connectivity index (χ1n) is 5.87. The third-order valence-electron chi connectivity index (χ3n) is 3.08. The zero-order valence-electron chi connectivity index (χ0n) is 9.55. The molecule has 0 saturated heterocycles. The Morgan fingerprint density at radius 1 is 1.08 bits per heavy atom. The number of aliphatic hydroxyl groups is 1. The summed E-state index contributed by atoms with van der Waals surface area (Å²) in [5.41, 5.74) is 0. The lowest BCUT2D eigenvalue weighted by Gasteiger charge is -2.20. The summed E-state index contributed by atoms with van der Waals surface area (Å²) in [7, 11) is 0. The van der Waals surface area contributed by atoms with E-state index in [1.807, 2.05) is 0 Å². The fraction of sp³-hybridized carbons (Fsp3) is 1.00. The molecule has 0 saturated carbocycles. The highest BCUT2D eigenvalue weighted by Gasteiger charge is 2.13. The Bertz CT molecular complexity index is 97.3. The highest BCUT2D eigenvalue weighted by molar-refractivity contribution is 4.64. The maximum Gasteiger partial charge on any atom is 0.0461 e. The highest BCUT2D eigenvalue weighted by Crippen LogP contribution is 2.21. The predicted molar refractivity (Wildman–Crippen MR) is 58.8 cm³/mol. The molecule has 0 aliphatic carbocycles. The van der Waals surface area contributed by atoms with Crippen LogP contribution in [0.2, 0.25) is 0 Å². The zero-order valence-corrected chi connectivity index (χ0v) is 9.55. The van der Waals surface area contributed by atoms with Crippen molar-refractivity contribution in [2.45, 2.75) is 59.3 Å². The molecule has 0 aliphatic heterocycles. The molecule has 0 fully saturated rings. The zero-order chi connectivity index (χ0) is 10.1. The van der Waals surface area contributed by atoms with Gasteiger partial charge in [0.15, 0.2) is 0 Å². The molecule has 0 rings (SSSR count). The lowest BCUT2D eigenvalue weighted by atomic mass is 9.88. The summed E-state index contributed by atoms with van der Waals surface area (Å²) < 4.78 is 0. The molecular formula is C12H26O. The van der Waals surface area contributed by atoms with Gasteiger partial charge >= 0.3 is 0 Å². The van der Waals surface area contributed by atoms with Crippen LogP contribution >= 0.6 is 0 Å². The van der Waals surface area contributed by atoms with Gasteiger partial charge in [-0.2, -0.15) is 0 Å². The predicted octanol–water partition coefficient (Wildman–Crippen LogP) is 3.61. The van der Waals surface area contributed by atoms with Crippen LogP contribution in [0.15, 0.2) is 0 Å². The molecule has 1 heteroatoms. The van der Waals surface area contributed by atoms with Gasteiger partial charge in [0, 0.05) is 6.61 Å². The third-order valence-corrected chi connectivity index (χ3v) is 3.08. The minimum atomic E-state index is 0.367. The minimum Gasteiger partial charge on any atom is -0.396 e. The first kappa shape index (κ1) is 13.0. The maximum absolute atomic E-state index is 9.10. The molecule has 0 aromatic carbocycles.